The van der Waals surface area contributed by atoms with Crippen LogP contribution in [0.3, 0.4) is 0 Å². The van der Waals surface area contributed by atoms with Gasteiger partial charge in [0, 0.05) is 21.9 Å². The lowest BCUT2D eigenvalue weighted by molar-refractivity contribution is 0.425. The topological polar surface area (TPSA) is 66.2 Å². The lowest BCUT2D eigenvalue weighted by Gasteiger charge is -2.22. The van der Waals surface area contributed by atoms with Gasteiger partial charge < -0.3 is 10.0 Å². The fourth-order valence-electron chi connectivity index (χ4n) is 5.16. The second-order valence-corrected chi connectivity index (χ2v) is 9.31. The van der Waals surface area contributed by atoms with Crippen molar-refractivity contribution in [3.05, 3.63) is 102 Å². The van der Waals surface area contributed by atoms with E-state index in [1.54, 1.807) is 6.07 Å². The van der Waals surface area contributed by atoms with Crippen LogP contribution in [0.25, 0.3) is 44.7 Å². The van der Waals surface area contributed by atoms with Crippen LogP contribution < -0.4 is 5.46 Å². The van der Waals surface area contributed by atoms with E-state index in [0.29, 0.717) is 11.3 Å². The average molecular weight is 442 g/mol. The standard InChI is InChI=1S/C29H23BN2O2/c1-29(2)23-13-8-12-22(26(23)20-16-15-19(30(33)34)17-24(20)29)27-21-11-6-7-14-25(21)31-28(32-27)18-9-4-3-5-10-18/h3-17,33-34H,1-2H3. The van der Waals surface area contributed by atoms with Gasteiger partial charge in [-0.15, -0.1) is 0 Å². The van der Waals surface area contributed by atoms with E-state index >= 15 is 0 Å². The number of rotatable bonds is 3. The molecule has 34 heavy (non-hydrogen) atoms. The van der Waals surface area contributed by atoms with Gasteiger partial charge in [0.15, 0.2) is 5.82 Å². The third-order valence-corrected chi connectivity index (χ3v) is 6.91. The molecule has 0 spiro atoms. The Morgan fingerprint density at radius 1 is 0.706 bits per heavy atom. The SMILES string of the molecule is CC1(C)c2cc(B(O)O)ccc2-c2c(-c3nc(-c4ccccc4)nc4ccccc34)cccc21. The van der Waals surface area contributed by atoms with Crippen molar-refractivity contribution < 1.29 is 10.0 Å². The molecular formula is C29H23BN2O2. The quantitative estimate of drug-likeness (QED) is 0.388. The minimum atomic E-state index is -1.50. The highest BCUT2D eigenvalue weighted by Crippen LogP contribution is 2.52. The Morgan fingerprint density at radius 3 is 2.26 bits per heavy atom. The summed E-state index contributed by atoms with van der Waals surface area (Å²) in [5.41, 5.74) is 8.58. The van der Waals surface area contributed by atoms with E-state index in [1.807, 2.05) is 60.7 Å². The highest BCUT2D eigenvalue weighted by Gasteiger charge is 2.38. The summed E-state index contributed by atoms with van der Waals surface area (Å²) in [5.74, 6) is 0.697. The van der Waals surface area contributed by atoms with Crippen molar-refractivity contribution in [2.75, 3.05) is 0 Å². The summed E-state index contributed by atoms with van der Waals surface area (Å²) in [5, 5.41) is 20.5. The lowest BCUT2D eigenvalue weighted by atomic mass is 9.75. The molecule has 0 atom stereocenters. The van der Waals surface area contributed by atoms with Gasteiger partial charge in [0.2, 0.25) is 0 Å². The van der Waals surface area contributed by atoms with Gasteiger partial charge in [0.25, 0.3) is 0 Å². The molecule has 1 aliphatic rings. The largest absolute Gasteiger partial charge is 0.488 e. The number of para-hydroxylation sites is 1. The first-order chi connectivity index (χ1) is 16.4. The number of hydrogen-bond acceptors (Lipinski definition) is 4. The van der Waals surface area contributed by atoms with Crippen LogP contribution in [-0.4, -0.2) is 27.1 Å². The molecule has 5 aromatic rings. The summed E-state index contributed by atoms with van der Waals surface area (Å²) in [7, 11) is -1.50. The first kappa shape index (κ1) is 20.8. The second kappa shape index (κ2) is 7.62. The molecule has 6 rings (SSSR count). The third-order valence-electron chi connectivity index (χ3n) is 6.91. The minimum absolute atomic E-state index is 0.281. The maximum absolute atomic E-state index is 9.77. The van der Waals surface area contributed by atoms with Crippen molar-refractivity contribution >= 4 is 23.5 Å². The maximum Gasteiger partial charge on any atom is 0.488 e. The Morgan fingerprint density at radius 2 is 1.47 bits per heavy atom. The first-order valence-corrected chi connectivity index (χ1v) is 11.4. The van der Waals surface area contributed by atoms with Crippen molar-refractivity contribution in [3.63, 3.8) is 0 Å². The van der Waals surface area contributed by atoms with Gasteiger partial charge in [-0.3, -0.25) is 0 Å². The van der Waals surface area contributed by atoms with Gasteiger partial charge in [0.1, 0.15) is 0 Å². The van der Waals surface area contributed by atoms with Crippen molar-refractivity contribution in [2.24, 2.45) is 0 Å². The van der Waals surface area contributed by atoms with Crippen molar-refractivity contribution in [2.45, 2.75) is 19.3 Å². The molecule has 164 valence electrons. The molecule has 0 bridgehead atoms. The predicted molar refractivity (Wildman–Crippen MR) is 138 cm³/mol. The highest BCUT2D eigenvalue weighted by molar-refractivity contribution is 6.58. The molecule has 0 radical (unpaired) electrons. The molecule has 1 aliphatic carbocycles. The zero-order chi connectivity index (χ0) is 23.4. The minimum Gasteiger partial charge on any atom is -0.423 e. The van der Waals surface area contributed by atoms with Crippen LogP contribution in [0.2, 0.25) is 0 Å². The van der Waals surface area contributed by atoms with Gasteiger partial charge in [-0.2, -0.15) is 0 Å². The summed E-state index contributed by atoms with van der Waals surface area (Å²) >= 11 is 0. The molecule has 4 nitrogen and oxygen atoms in total. The van der Waals surface area contributed by atoms with E-state index in [4.69, 9.17) is 9.97 Å². The fourth-order valence-corrected chi connectivity index (χ4v) is 5.16. The van der Waals surface area contributed by atoms with Gasteiger partial charge in [-0.25, -0.2) is 9.97 Å². The Hall–Kier alpha value is -3.80. The maximum atomic E-state index is 9.77. The molecule has 4 aromatic carbocycles. The number of hydrogen-bond donors (Lipinski definition) is 2. The van der Waals surface area contributed by atoms with E-state index < -0.39 is 7.12 Å². The first-order valence-electron chi connectivity index (χ1n) is 11.4. The van der Waals surface area contributed by atoms with Crippen LogP contribution >= 0.6 is 0 Å². The number of benzene rings is 4. The van der Waals surface area contributed by atoms with E-state index in [1.165, 1.54) is 5.56 Å². The van der Waals surface area contributed by atoms with Crippen LogP contribution in [0.15, 0.2) is 91.0 Å². The Kier molecular flexibility index (Phi) is 4.66. The smallest absolute Gasteiger partial charge is 0.423 e. The molecule has 5 heteroatoms. The Bertz CT molecular complexity index is 1560. The molecule has 0 aliphatic heterocycles. The molecule has 1 aromatic heterocycles. The number of fused-ring (bicyclic) bond motifs is 4. The molecule has 0 fully saturated rings. The van der Waals surface area contributed by atoms with Gasteiger partial charge in [-0.1, -0.05) is 98.8 Å². The summed E-state index contributed by atoms with van der Waals surface area (Å²) in [6, 6.07) is 30.3. The second-order valence-electron chi connectivity index (χ2n) is 9.31. The van der Waals surface area contributed by atoms with Gasteiger partial charge in [0.05, 0.1) is 11.2 Å². The zero-order valence-electron chi connectivity index (χ0n) is 19.0. The van der Waals surface area contributed by atoms with Crippen LogP contribution in [0.5, 0.6) is 0 Å². The van der Waals surface area contributed by atoms with Gasteiger partial charge >= 0.3 is 7.12 Å². The molecule has 1 heterocycles. The van der Waals surface area contributed by atoms with E-state index in [-0.39, 0.29) is 5.41 Å². The van der Waals surface area contributed by atoms with Crippen LogP contribution in [0.1, 0.15) is 25.0 Å². The summed E-state index contributed by atoms with van der Waals surface area (Å²) in [6.07, 6.45) is 0. The fraction of sp³-hybridized carbons (Fsp3) is 0.103. The monoisotopic (exact) mass is 442 g/mol. The zero-order valence-corrected chi connectivity index (χ0v) is 19.0. The Labute approximate surface area is 198 Å². The van der Waals surface area contributed by atoms with Crippen LogP contribution in [0, 0.1) is 0 Å². The lowest BCUT2D eigenvalue weighted by Crippen LogP contribution is -2.31. The van der Waals surface area contributed by atoms with Crippen LogP contribution in [-0.2, 0) is 5.41 Å². The molecule has 0 unspecified atom stereocenters. The third kappa shape index (κ3) is 3.09. The molecule has 0 saturated carbocycles. The summed E-state index contributed by atoms with van der Waals surface area (Å²) in [6.45, 7) is 4.37. The van der Waals surface area contributed by atoms with E-state index in [2.05, 4.69) is 38.1 Å². The summed E-state index contributed by atoms with van der Waals surface area (Å²) < 4.78 is 0. The van der Waals surface area contributed by atoms with Crippen LogP contribution in [0.4, 0.5) is 0 Å². The average Bonchev–Trinajstić information content (AvgIpc) is 3.10. The number of nitrogens with zero attached hydrogens (tertiary/aromatic N) is 2. The summed E-state index contributed by atoms with van der Waals surface area (Å²) in [4.78, 5) is 9.96. The predicted octanol–water partition coefficient (Wildman–Crippen LogP) is 4.95. The van der Waals surface area contributed by atoms with E-state index in [0.717, 1.165) is 44.4 Å². The molecule has 0 amide bonds. The van der Waals surface area contributed by atoms with Crippen molar-refractivity contribution in [1.29, 1.82) is 0 Å². The normalized spacial score (nSPS) is 13.5. The number of aromatic nitrogens is 2. The molecule has 2 N–H and O–H groups in total. The molecule has 0 saturated heterocycles. The van der Waals surface area contributed by atoms with Crippen molar-refractivity contribution in [1.82, 2.24) is 9.97 Å². The highest BCUT2D eigenvalue weighted by atomic mass is 16.4. The van der Waals surface area contributed by atoms with Crippen molar-refractivity contribution in [3.8, 4) is 33.8 Å². The Balaban J connectivity index is 1.66. The molecular weight excluding hydrogens is 419 g/mol. The van der Waals surface area contributed by atoms with E-state index in [9.17, 15) is 10.0 Å². The van der Waals surface area contributed by atoms with Gasteiger partial charge in [-0.05, 0) is 33.8 Å².